The fourth-order valence-electron chi connectivity index (χ4n) is 1.81. The Labute approximate surface area is 132 Å². The van der Waals surface area contributed by atoms with Gasteiger partial charge >= 0.3 is 5.97 Å². The number of rotatable bonds is 5. The van der Waals surface area contributed by atoms with E-state index in [1.54, 1.807) is 6.07 Å². The van der Waals surface area contributed by atoms with E-state index in [2.05, 4.69) is 10.3 Å². The van der Waals surface area contributed by atoms with Crippen molar-refractivity contribution >= 4 is 21.9 Å². The van der Waals surface area contributed by atoms with Gasteiger partial charge in [-0.1, -0.05) is 12.1 Å². The molecule has 0 radical (unpaired) electrons. The molecule has 1 amide bonds. The highest BCUT2D eigenvalue weighted by molar-refractivity contribution is 7.89. The molecule has 120 valence electrons. The number of hydrogen-bond donors (Lipinski definition) is 3. The standard InChI is InChI=1S/C14H13N3O5S/c15-23(21,22)11-3-1-2-9(6-11)8-17-13(18)10-4-5-16-12(7-10)14(19)20/h1-7H,8H2,(H,17,18)(H,19,20)(H2,15,21,22). The second-order valence-electron chi connectivity index (χ2n) is 4.61. The molecule has 8 nitrogen and oxygen atoms in total. The smallest absolute Gasteiger partial charge is 0.354 e. The molecule has 23 heavy (non-hydrogen) atoms. The lowest BCUT2D eigenvalue weighted by atomic mass is 10.2. The Bertz CT molecular complexity index is 864. The second-order valence-corrected chi connectivity index (χ2v) is 6.17. The van der Waals surface area contributed by atoms with Gasteiger partial charge < -0.3 is 10.4 Å². The van der Waals surface area contributed by atoms with Crippen molar-refractivity contribution in [2.75, 3.05) is 0 Å². The van der Waals surface area contributed by atoms with Gasteiger partial charge in [0.15, 0.2) is 0 Å². The zero-order chi connectivity index (χ0) is 17.0. The molecule has 1 heterocycles. The Morgan fingerprint density at radius 2 is 1.96 bits per heavy atom. The maximum Gasteiger partial charge on any atom is 0.354 e. The molecule has 0 saturated carbocycles. The number of aromatic carboxylic acids is 1. The minimum Gasteiger partial charge on any atom is -0.477 e. The number of nitrogens with one attached hydrogen (secondary N) is 1. The zero-order valence-corrected chi connectivity index (χ0v) is 12.6. The van der Waals surface area contributed by atoms with Crippen LogP contribution in [0.15, 0.2) is 47.5 Å². The topological polar surface area (TPSA) is 139 Å². The van der Waals surface area contributed by atoms with Crippen molar-refractivity contribution in [3.8, 4) is 0 Å². The van der Waals surface area contributed by atoms with Crippen molar-refractivity contribution in [1.29, 1.82) is 0 Å². The minimum atomic E-state index is -3.82. The van der Waals surface area contributed by atoms with E-state index in [0.29, 0.717) is 5.56 Å². The van der Waals surface area contributed by atoms with E-state index in [1.807, 2.05) is 0 Å². The van der Waals surface area contributed by atoms with Gasteiger partial charge in [0.1, 0.15) is 5.69 Å². The van der Waals surface area contributed by atoms with Gasteiger partial charge in [0, 0.05) is 18.3 Å². The molecule has 0 atom stereocenters. The van der Waals surface area contributed by atoms with Crippen LogP contribution in [-0.4, -0.2) is 30.4 Å². The van der Waals surface area contributed by atoms with Crippen molar-refractivity contribution < 1.29 is 23.1 Å². The van der Waals surface area contributed by atoms with Crippen molar-refractivity contribution in [2.24, 2.45) is 5.14 Å². The number of benzene rings is 1. The number of carboxylic acids is 1. The molecule has 2 aromatic rings. The summed E-state index contributed by atoms with van der Waals surface area (Å²) >= 11 is 0. The Morgan fingerprint density at radius 1 is 1.22 bits per heavy atom. The Hall–Kier alpha value is -2.78. The lowest BCUT2D eigenvalue weighted by Crippen LogP contribution is -2.23. The molecule has 0 aliphatic heterocycles. The first-order chi connectivity index (χ1) is 10.8. The average molecular weight is 335 g/mol. The van der Waals surface area contributed by atoms with Gasteiger partial charge in [0.2, 0.25) is 10.0 Å². The minimum absolute atomic E-state index is 0.0543. The second kappa shape index (κ2) is 6.55. The van der Waals surface area contributed by atoms with E-state index in [0.717, 1.165) is 6.07 Å². The van der Waals surface area contributed by atoms with Crippen molar-refractivity contribution in [3.05, 3.63) is 59.4 Å². The summed E-state index contributed by atoms with van der Waals surface area (Å²) in [6.07, 6.45) is 1.22. The Balaban J connectivity index is 2.11. The summed E-state index contributed by atoms with van der Waals surface area (Å²) in [5.74, 6) is -1.74. The number of primary sulfonamides is 1. The fraction of sp³-hybridized carbons (Fsp3) is 0.0714. The molecule has 9 heteroatoms. The largest absolute Gasteiger partial charge is 0.477 e. The van der Waals surface area contributed by atoms with E-state index in [4.69, 9.17) is 10.2 Å². The lowest BCUT2D eigenvalue weighted by molar-refractivity contribution is 0.0690. The maximum absolute atomic E-state index is 12.0. The van der Waals surface area contributed by atoms with Gasteiger partial charge in [-0.25, -0.2) is 23.3 Å². The van der Waals surface area contributed by atoms with E-state index in [-0.39, 0.29) is 22.7 Å². The summed E-state index contributed by atoms with van der Waals surface area (Å²) in [7, 11) is -3.82. The number of carbonyl (C=O) groups excluding carboxylic acids is 1. The van der Waals surface area contributed by atoms with Crippen molar-refractivity contribution in [3.63, 3.8) is 0 Å². The average Bonchev–Trinajstić information content (AvgIpc) is 2.52. The molecule has 4 N–H and O–H groups in total. The number of carbonyl (C=O) groups is 2. The number of pyridine rings is 1. The molecular formula is C14H13N3O5S. The molecular weight excluding hydrogens is 322 g/mol. The summed E-state index contributed by atoms with van der Waals surface area (Å²) in [5, 5.41) is 16.4. The summed E-state index contributed by atoms with van der Waals surface area (Å²) < 4.78 is 22.5. The number of amides is 1. The molecule has 1 aromatic heterocycles. The number of sulfonamides is 1. The number of aromatic nitrogens is 1. The van der Waals surface area contributed by atoms with Gasteiger partial charge in [0.05, 0.1) is 4.90 Å². The SMILES string of the molecule is NS(=O)(=O)c1cccc(CNC(=O)c2ccnc(C(=O)O)c2)c1. The molecule has 0 fully saturated rings. The predicted molar refractivity (Wildman–Crippen MR) is 80.2 cm³/mol. The molecule has 0 bridgehead atoms. The molecule has 0 unspecified atom stereocenters. The van der Waals surface area contributed by atoms with Crippen LogP contribution < -0.4 is 10.5 Å². The third-order valence-corrected chi connectivity index (χ3v) is 3.83. The Morgan fingerprint density at radius 3 is 2.61 bits per heavy atom. The van der Waals surface area contributed by atoms with Gasteiger partial charge in [-0.3, -0.25) is 4.79 Å². The van der Waals surface area contributed by atoms with Gasteiger partial charge in [-0.05, 0) is 29.8 Å². The third kappa shape index (κ3) is 4.34. The van der Waals surface area contributed by atoms with Gasteiger partial charge in [-0.2, -0.15) is 0 Å². The normalized spacial score (nSPS) is 11.0. The molecule has 0 aliphatic carbocycles. The molecule has 0 spiro atoms. The highest BCUT2D eigenvalue weighted by Gasteiger charge is 2.11. The molecule has 0 aliphatic rings. The van der Waals surface area contributed by atoms with Crippen LogP contribution in [0.25, 0.3) is 0 Å². The monoisotopic (exact) mass is 335 g/mol. The van der Waals surface area contributed by atoms with Crippen molar-refractivity contribution in [1.82, 2.24) is 10.3 Å². The summed E-state index contributed by atoms with van der Waals surface area (Å²) in [5.41, 5.74) is 0.436. The number of nitrogens with two attached hydrogens (primary N) is 1. The van der Waals surface area contributed by atoms with Crippen LogP contribution in [0.1, 0.15) is 26.4 Å². The number of hydrogen-bond acceptors (Lipinski definition) is 5. The number of nitrogens with zero attached hydrogens (tertiary/aromatic N) is 1. The highest BCUT2D eigenvalue weighted by atomic mass is 32.2. The quantitative estimate of drug-likeness (QED) is 0.720. The zero-order valence-electron chi connectivity index (χ0n) is 11.8. The first-order valence-electron chi connectivity index (χ1n) is 6.36. The van der Waals surface area contributed by atoms with Crippen LogP contribution in [0.5, 0.6) is 0 Å². The first-order valence-corrected chi connectivity index (χ1v) is 7.91. The van der Waals surface area contributed by atoms with Crippen LogP contribution in [-0.2, 0) is 16.6 Å². The van der Waals surface area contributed by atoms with E-state index in [9.17, 15) is 18.0 Å². The van der Waals surface area contributed by atoms with Crippen LogP contribution in [0.3, 0.4) is 0 Å². The maximum atomic E-state index is 12.0. The molecule has 2 rings (SSSR count). The van der Waals surface area contributed by atoms with E-state index >= 15 is 0 Å². The van der Waals surface area contributed by atoms with Crippen molar-refractivity contribution in [2.45, 2.75) is 11.4 Å². The fourth-order valence-corrected chi connectivity index (χ4v) is 2.39. The van der Waals surface area contributed by atoms with Gasteiger partial charge in [0.25, 0.3) is 5.91 Å². The lowest BCUT2D eigenvalue weighted by Gasteiger charge is -2.07. The van der Waals surface area contributed by atoms with Crippen LogP contribution in [0, 0.1) is 0 Å². The van der Waals surface area contributed by atoms with E-state index in [1.165, 1.54) is 30.5 Å². The van der Waals surface area contributed by atoms with Crippen LogP contribution >= 0.6 is 0 Å². The summed E-state index contributed by atoms with van der Waals surface area (Å²) in [4.78, 5) is 26.4. The molecule has 1 aromatic carbocycles. The first kappa shape index (κ1) is 16.6. The van der Waals surface area contributed by atoms with Crippen LogP contribution in [0.2, 0.25) is 0 Å². The predicted octanol–water partition coefficient (Wildman–Crippen LogP) is 0.357. The Kier molecular flexibility index (Phi) is 4.72. The summed E-state index contributed by atoms with van der Waals surface area (Å²) in [6, 6.07) is 8.37. The van der Waals surface area contributed by atoms with E-state index < -0.39 is 21.9 Å². The van der Waals surface area contributed by atoms with Gasteiger partial charge in [-0.15, -0.1) is 0 Å². The molecule has 0 saturated heterocycles. The summed E-state index contributed by atoms with van der Waals surface area (Å²) in [6.45, 7) is 0.0624. The highest BCUT2D eigenvalue weighted by Crippen LogP contribution is 2.10. The van der Waals surface area contributed by atoms with Crippen LogP contribution in [0.4, 0.5) is 0 Å². The third-order valence-electron chi connectivity index (χ3n) is 2.92. The number of carboxylic acid groups (broad SMARTS) is 1.